The van der Waals surface area contributed by atoms with Crippen LogP contribution >= 0.6 is 0 Å². The van der Waals surface area contributed by atoms with Gasteiger partial charge in [0.15, 0.2) is 6.61 Å². The number of alkyl halides is 3. The molecule has 0 aromatic heterocycles. The molecule has 0 aliphatic carbocycles. The van der Waals surface area contributed by atoms with Crippen LogP contribution in [0.2, 0.25) is 0 Å². The zero-order valence-electron chi connectivity index (χ0n) is 6.64. The van der Waals surface area contributed by atoms with E-state index in [1.165, 1.54) is 0 Å². The van der Waals surface area contributed by atoms with Gasteiger partial charge in [0.1, 0.15) is 5.76 Å². The summed E-state index contributed by atoms with van der Waals surface area (Å²) >= 11 is 0. The van der Waals surface area contributed by atoms with Crippen molar-refractivity contribution in [2.24, 2.45) is 4.99 Å². The predicted molar refractivity (Wildman–Crippen MR) is 41.4 cm³/mol. The highest BCUT2D eigenvalue weighted by atomic mass is 19.4. The zero-order valence-corrected chi connectivity index (χ0v) is 6.64. The van der Waals surface area contributed by atoms with Crippen LogP contribution in [-0.4, -0.2) is 24.1 Å². The van der Waals surface area contributed by atoms with Gasteiger partial charge in [0.2, 0.25) is 5.88 Å². The molecule has 3 nitrogen and oxygen atoms in total. The molecule has 0 aromatic rings. The third kappa shape index (κ3) is 8.45. The van der Waals surface area contributed by atoms with Crippen LogP contribution in [0.25, 0.3) is 0 Å². The first kappa shape index (κ1) is 11.5. The van der Waals surface area contributed by atoms with Crippen LogP contribution in [0.5, 0.6) is 0 Å². The largest absolute Gasteiger partial charge is 0.507 e. The Balaban J connectivity index is 3.83. The Morgan fingerprint density at radius 2 is 2.00 bits per heavy atom. The molecule has 0 saturated carbocycles. The van der Waals surface area contributed by atoms with E-state index in [1.807, 2.05) is 0 Å². The van der Waals surface area contributed by atoms with E-state index in [0.29, 0.717) is 0 Å². The lowest BCUT2D eigenvalue weighted by Crippen LogP contribution is -2.16. The molecule has 0 bridgehead atoms. The van der Waals surface area contributed by atoms with Gasteiger partial charge in [0.25, 0.3) is 0 Å². The van der Waals surface area contributed by atoms with E-state index in [4.69, 9.17) is 5.11 Å². The highest BCUT2D eigenvalue weighted by Crippen LogP contribution is 2.16. The second-order valence-electron chi connectivity index (χ2n) is 2.05. The highest BCUT2D eigenvalue weighted by molar-refractivity contribution is 5.74. The number of hydrogen-bond donors (Lipinski definition) is 1. The van der Waals surface area contributed by atoms with Gasteiger partial charge in [0, 0.05) is 0 Å². The molecule has 0 aliphatic rings. The van der Waals surface area contributed by atoms with Gasteiger partial charge >= 0.3 is 6.18 Å². The van der Waals surface area contributed by atoms with Crippen LogP contribution in [0.3, 0.4) is 0 Å². The van der Waals surface area contributed by atoms with Crippen molar-refractivity contribution in [1.29, 1.82) is 0 Å². The topological polar surface area (TPSA) is 41.8 Å². The smallest absolute Gasteiger partial charge is 0.422 e. The average Bonchev–Trinajstić information content (AvgIpc) is 1.95. The minimum atomic E-state index is -4.42. The van der Waals surface area contributed by atoms with Crippen molar-refractivity contribution < 1.29 is 23.0 Å². The molecule has 0 unspecified atom stereocenters. The molecular weight excluding hydrogens is 187 g/mol. The summed E-state index contributed by atoms with van der Waals surface area (Å²) in [6.07, 6.45) is -3.59. The lowest BCUT2D eigenvalue weighted by Gasteiger charge is -2.07. The van der Waals surface area contributed by atoms with E-state index in [-0.39, 0.29) is 0 Å². The van der Waals surface area contributed by atoms with E-state index >= 15 is 0 Å². The van der Waals surface area contributed by atoms with Crippen LogP contribution in [0.4, 0.5) is 13.2 Å². The van der Waals surface area contributed by atoms with E-state index < -0.39 is 24.4 Å². The normalized spacial score (nSPS) is 11.6. The first-order valence-corrected chi connectivity index (χ1v) is 3.11. The Bertz CT molecular complexity index is 232. The summed E-state index contributed by atoms with van der Waals surface area (Å²) < 4.78 is 38.7. The van der Waals surface area contributed by atoms with Crippen molar-refractivity contribution in [3.8, 4) is 0 Å². The number of aliphatic hydroxyl groups is 1. The number of nitrogens with zero attached hydrogens (tertiary/aromatic N) is 1. The molecule has 0 amide bonds. The molecule has 1 N–H and O–H groups in total. The summed E-state index contributed by atoms with van der Waals surface area (Å²) in [7, 11) is 0. The lowest BCUT2D eigenvalue weighted by atomic mass is 10.6. The molecule has 6 heteroatoms. The highest BCUT2D eigenvalue weighted by Gasteiger charge is 2.28. The van der Waals surface area contributed by atoms with Gasteiger partial charge in [0.05, 0.1) is 6.21 Å². The molecule has 0 atom stereocenters. The van der Waals surface area contributed by atoms with Crippen molar-refractivity contribution in [3.63, 3.8) is 0 Å². The zero-order chi connectivity index (χ0) is 10.5. The van der Waals surface area contributed by atoms with Gasteiger partial charge in [-0.1, -0.05) is 6.58 Å². The fraction of sp³-hybridized carbons (Fsp3) is 0.286. The third-order valence-corrected chi connectivity index (χ3v) is 0.760. The molecule has 0 saturated heterocycles. The second kappa shape index (κ2) is 4.54. The lowest BCUT2D eigenvalue weighted by molar-refractivity contribution is -0.164. The molecule has 0 spiro atoms. The van der Waals surface area contributed by atoms with Crippen LogP contribution < -0.4 is 0 Å². The Kier molecular flexibility index (Phi) is 4.03. The molecular formula is C7H8F3NO2. The Labute approximate surface area is 72.8 Å². The summed E-state index contributed by atoms with van der Waals surface area (Å²) in [6, 6.07) is 0. The molecule has 0 radical (unpaired) electrons. The monoisotopic (exact) mass is 195 g/mol. The summed E-state index contributed by atoms with van der Waals surface area (Å²) in [5.74, 6) is -0.829. The fourth-order valence-corrected chi connectivity index (χ4v) is 0.349. The first-order chi connectivity index (χ1) is 5.81. The van der Waals surface area contributed by atoms with Gasteiger partial charge in [-0.25, -0.2) is 4.99 Å². The van der Waals surface area contributed by atoms with E-state index in [9.17, 15) is 13.2 Å². The van der Waals surface area contributed by atoms with Gasteiger partial charge in [-0.05, 0) is 6.58 Å². The quantitative estimate of drug-likeness (QED) is 0.551. The Morgan fingerprint density at radius 1 is 1.46 bits per heavy atom. The maximum absolute atomic E-state index is 11.5. The average molecular weight is 195 g/mol. The fourth-order valence-electron chi connectivity index (χ4n) is 0.349. The van der Waals surface area contributed by atoms with Gasteiger partial charge in [-0.15, -0.1) is 0 Å². The molecule has 74 valence electrons. The van der Waals surface area contributed by atoms with E-state index in [0.717, 1.165) is 6.21 Å². The number of aliphatic hydroxyl groups excluding tert-OH is 1. The van der Waals surface area contributed by atoms with Crippen molar-refractivity contribution in [3.05, 3.63) is 24.8 Å². The van der Waals surface area contributed by atoms with Gasteiger partial charge < -0.3 is 9.84 Å². The van der Waals surface area contributed by atoms with E-state index in [1.54, 1.807) is 0 Å². The summed E-state index contributed by atoms with van der Waals surface area (Å²) in [5, 5.41) is 8.47. The maximum atomic E-state index is 11.5. The van der Waals surface area contributed by atoms with Crippen molar-refractivity contribution >= 4 is 6.21 Å². The SMILES string of the molecule is C=C(O)/C=N\C(=C)OCC(F)(F)F. The molecule has 0 aromatic carbocycles. The number of aliphatic imine (C=N–C) groups is 1. The number of halogens is 3. The van der Waals surface area contributed by atoms with E-state index in [2.05, 4.69) is 22.9 Å². The first-order valence-electron chi connectivity index (χ1n) is 3.11. The standard InChI is InChI=1S/C7H8F3NO2/c1-5(12)3-11-6(2)13-4-7(8,9)10/h3,12H,1-2,4H2/b11-3-. The Morgan fingerprint density at radius 3 is 2.38 bits per heavy atom. The predicted octanol–water partition coefficient (Wildman–Crippen LogP) is 2.18. The number of hydrogen-bond acceptors (Lipinski definition) is 3. The minimum Gasteiger partial charge on any atom is -0.507 e. The van der Waals surface area contributed by atoms with Crippen LogP contribution in [0.1, 0.15) is 0 Å². The summed E-state index contributed by atoms with van der Waals surface area (Å²) in [6.45, 7) is 4.62. The minimum absolute atomic E-state index is 0.392. The van der Waals surface area contributed by atoms with Gasteiger partial charge in [-0.2, -0.15) is 13.2 Å². The molecule has 0 heterocycles. The summed E-state index contributed by atoms with van der Waals surface area (Å²) in [4.78, 5) is 3.24. The maximum Gasteiger partial charge on any atom is 0.422 e. The molecule has 13 heavy (non-hydrogen) atoms. The van der Waals surface area contributed by atoms with Crippen molar-refractivity contribution in [2.75, 3.05) is 6.61 Å². The number of rotatable bonds is 4. The van der Waals surface area contributed by atoms with Gasteiger partial charge in [-0.3, -0.25) is 0 Å². The third-order valence-electron chi connectivity index (χ3n) is 0.760. The molecule has 0 rings (SSSR count). The number of allylic oxidation sites excluding steroid dienone is 1. The molecule has 0 aliphatic heterocycles. The van der Waals surface area contributed by atoms with Crippen LogP contribution in [-0.2, 0) is 4.74 Å². The molecule has 0 fully saturated rings. The number of ether oxygens (including phenoxy) is 1. The van der Waals surface area contributed by atoms with Crippen LogP contribution in [0, 0.1) is 0 Å². The van der Waals surface area contributed by atoms with Crippen molar-refractivity contribution in [2.45, 2.75) is 6.18 Å². The van der Waals surface area contributed by atoms with Crippen molar-refractivity contribution in [1.82, 2.24) is 0 Å². The summed E-state index contributed by atoms with van der Waals surface area (Å²) in [5.41, 5.74) is 0. The second-order valence-corrected chi connectivity index (χ2v) is 2.05. The Hall–Kier alpha value is -1.46. The van der Waals surface area contributed by atoms with Crippen LogP contribution in [0.15, 0.2) is 29.8 Å².